The summed E-state index contributed by atoms with van der Waals surface area (Å²) in [5, 5.41) is 11.5. The number of amides is 1. The molecule has 0 saturated carbocycles. The Morgan fingerprint density at radius 2 is 1.93 bits per heavy atom. The number of unbranched alkanes of at least 4 members (excludes halogenated alkanes) is 2. The Morgan fingerprint density at radius 3 is 2.66 bits per heavy atom. The smallest absolute Gasteiger partial charge is 0.289 e. The quantitative estimate of drug-likeness (QED) is 0.294. The first-order valence-corrected chi connectivity index (χ1v) is 9.91. The number of hydrogen-bond acceptors (Lipinski definition) is 4. The zero-order valence-corrected chi connectivity index (χ0v) is 16.9. The Hall–Kier alpha value is -3.12. The number of ether oxygens (including phenoxy) is 1. The minimum Gasteiger partial charge on any atom is -0.494 e. The normalized spacial score (nSPS) is 11.0. The first kappa shape index (κ1) is 20.6. The molecule has 6 nitrogen and oxygen atoms in total. The minimum absolute atomic E-state index is 0.322. The van der Waals surface area contributed by atoms with Crippen LogP contribution in [0.25, 0.3) is 11.3 Å². The molecule has 7 heteroatoms. The lowest BCUT2D eigenvalue weighted by Gasteiger charge is -2.05. The number of H-pyrrole nitrogens is 1. The second kappa shape index (κ2) is 10.4. The highest BCUT2D eigenvalue weighted by molar-refractivity contribution is 6.30. The number of benzene rings is 2. The predicted octanol–water partition coefficient (Wildman–Crippen LogP) is 5.06. The Kier molecular flexibility index (Phi) is 7.41. The molecule has 0 radical (unpaired) electrons. The van der Waals surface area contributed by atoms with E-state index in [1.54, 1.807) is 24.4 Å². The van der Waals surface area contributed by atoms with Crippen molar-refractivity contribution in [3.63, 3.8) is 0 Å². The minimum atomic E-state index is -0.371. The van der Waals surface area contributed by atoms with E-state index in [-0.39, 0.29) is 5.91 Å². The van der Waals surface area contributed by atoms with Crippen LogP contribution in [0.1, 0.15) is 42.2 Å². The Morgan fingerprint density at radius 1 is 1.17 bits per heavy atom. The van der Waals surface area contributed by atoms with Gasteiger partial charge in [0.15, 0.2) is 0 Å². The molecule has 0 spiro atoms. The van der Waals surface area contributed by atoms with Crippen LogP contribution in [0.4, 0.5) is 0 Å². The van der Waals surface area contributed by atoms with Gasteiger partial charge in [0, 0.05) is 10.6 Å². The molecule has 0 aliphatic heterocycles. The van der Waals surface area contributed by atoms with Crippen molar-refractivity contribution in [1.29, 1.82) is 0 Å². The summed E-state index contributed by atoms with van der Waals surface area (Å²) in [6, 6.07) is 16.5. The molecule has 0 fully saturated rings. The number of aromatic nitrogens is 2. The average molecular weight is 411 g/mol. The van der Waals surface area contributed by atoms with Gasteiger partial charge in [0.05, 0.1) is 18.5 Å². The summed E-state index contributed by atoms with van der Waals surface area (Å²) in [6.07, 6.45) is 4.97. The lowest BCUT2D eigenvalue weighted by Crippen LogP contribution is -2.17. The van der Waals surface area contributed by atoms with E-state index in [2.05, 4.69) is 27.6 Å². The Labute approximate surface area is 174 Å². The number of hydrogen-bond donors (Lipinski definition) is 2. The van der Waals surface area contributed by atoms with E-state index in [0.29, 0.717) is 16.4 Å². The van der Waals surface area contributed by atoms with Crippen LogP contribution in [0.15, 0.2) is 59.7 Å². The van der Waals surface area contributed by atoms with Gasteiger partial charge in [-0.3, -0.25) is 9.89 Å². The first-order valence-electron chi connectivity index (χ1n) is 9.53. The second-order valence-electron chi connectivity index (χ2n) is 6.50. The van der Waals surface area contributed by atoms with E-state index in [1.807, 2.05) is 36.4 Å². The van der Waals surface area contributed by atoms with E-state index in [4.69, 9.17) is 16.3 Å². The van der Waals surface area contributed by atoms with Gasteiger partial charge in [0.2, 0.25) is 0 Å². The maximum Gasteiger partial charge on any atom is 0.289 e. The van der Waals surface area contributed by atoms with Crippen LogP contribution in [0, 0.1) is 0 Å². The summed E-state index contributed by atoms with van der Waals surface area (Å²) in [4.78, 5) is 12.2. The largest absolute Gasteiger partial charge is 0.494 e. The van der Waals surface area contributed by atoms with Crippen molar-refractivity contribution >= 4 is 23.7 Å². The third-order valence-electron chi connectivity index (χ3n) is 4.24. The van der Waals surface area contributed by atoms with Gasteiger partial charge >= 0.3 is 0 Å². The van der Waals surface area contributed by atoms with Crippen molar-refractivity contribution in [3.05, 3.63) is 70.9 Å². The number of hydrazone groups is 1. The van der Waals surface area contributed by atoms with Crippen molar-refractivity contribution in [2.24, 2.45) is 5.10 Å². The molecule has 0 bridgehead atoms. The van der Waals surface area contributed by atoms with Gasteiger partial charge in [-0.15, -0.1) is 0 Å². The van der Waals surface area contributed by atoms with E-state index in [0.717, 1.165) is 29.9 Å². The summed E-state index contributed by atoms with van der Waals surface area (Å²) in [5.41, 5.74) is 5.20. The number of carbonyl (C=O) groups excluding carboxylic acids is 1. The highest BCUT2D eigenvalue weighted by atomic mass is 35.5. The molecule has 2 aromatic carbocycles. The molecule has 1 aromatic heterocycles. The van der Waals surface area contributed by atoms with Gasteiger partial charge < -0.3 is 4.74 Å². The number of carbonyl (C=O) groups is 1. The van der Waals surface area contributed by atoms with Crippen LogP contribution < -0.4 is 10.2 Å². The van der Waals surface area contributed by atoms with E-state index >= 15 is 0 Å². The van der Waals surface area contributed by atoms with Crippen LogP contribution in [0.2, 0.25) is 5.02 Å². The summed E-state index contributed by atoms with van der Waals surface area (Å²) < 4.78 is 5.68. The van der Waals surface area contributed by atoms with Gasteiger partial charge in [0.25, 0.3) is 5.91 Å². The first-order chi connectivity index (χ1) is 14.2. The Balaban J connectivity index is 1.51. The average Bonchev–Trinajstić information content (AvgIpc) is 3.23. The van der Waals surface area contributed by atoms with Gasteiger partial charge in [0.1, 0.15) is 11.4 Å². The second-order valence-corrected chi connectivity index (χ2v) is 6.93. The number of nitrogens with zero attached hydrogens (tertiary/aromatic N) is 2. The SMILES string of the molecule is CCCCCOc1ccc(/C=N\NC(=O)c2cc(-c3ccc(Cl)cc3)n[nH]2)cc1. The van der Waals surface area contributed by atoms with Gasteiger partial charge in [-0.25, -0.2) is 5.43 Å². The maximum atomic E-state index is 12.2. The molecule has 1 amide bonds. The van der Waals surface area contributed by atoms with Crippen LogP contribution in [0.3, 0.4) is 0 Å². The summed E-state index contributed by atoms with van der Waals surface area (Å²) in [6.45, 7) is 2.89. The molecule has 150 valence electrons. The molecule has 3 aromatic rings. The number of halogens is 1. The molecule has 0 saturated heterocycles. The Bertz CT molecular complexity index is 950. The number of rotatable bonds is 9. The molecule has 0 aliphatic carbocycles. The van der Waals surface area contributed by atoms with Crippen molar-refractivity contribution in [3.8, 4) is 17.0 Å². The summed E-state index contributed by atoms with van der Waals surface area (Å²) in [5.74, 6) is 0.458. The molecule has 0 aliphatic rings. The molecule has 0 atom stereocenters. The summed E-state index contributed by atoms with van der Waals surface area (Å²) in [7, 11) is 0. The monoisotopic (exact) mass is 410 g/mol. The van der Waals surface area contributed by atoms with Crippen LogP contribution in [-0.2, 0) is 0 Å². The van der Waals surface area contributed by atoms with Crippen LogP contribution in [0.5, 0.6) is 5.75 Å². The fourth-order valence-electron chi connectivity index (χ4n) is 2.62. The number of nitrogens with one attached hydrogen (secondary N) is 2. The zero-order valence-electron chi connectivity index (χ0n) is 16.2. The molecule has 3 rings (SSSR count). The molecule has 1 heterocycles. The van der Waals surface area contributed by atoms with Crippen LogP contribution in [-0.4, -0.2) is 28.9 Å². The standard InChI is InChI=1S/C22H23ClN4O2/c1-2-3-4-13-29-19-11-5-16(6-12-19)15-24-27-22(28)21-14-20(25-26-21)17-7-9-18(23)10-8-17/h5-12,14-15H,2-4,13H2,1H3,(H,25,26)(H,27,28)/b24-15-. The molecular formula is C22H23ClN4O2. The lowest BCUT2D eigenvalue weighted by molar-refractivity contribution is 0.0950. The lowest BCUT2D eigenvalue weighted by atomic mass is 10.1. The molecule has 0 unspecified atom stereocenters. The van der Waals surface area contributed by atoms with Crippen molar-refractivity contribution in [2.75, 3.05) is 6.61 Å². The summed E-state index contributed by atoms with van der Waals surface area (Å²) >= 11 is 5.89. The van der Waals surface area contributed by atoms with Crippen molar-refractivity contribution in [1.82, 2.24) is 15.6 Å². The van der Waals surface area contributed by atoms with Gasteiger partial charge in [-0.2, -0.15) is 10.2 Å². The fraction of sp³-hybridized carbons (Fsp3) is 0.227. The fourth-order valence-corrected chi connectivity index (χ4v) is 2.75. The molecule has 2 N–H and O–H groups in total. The van der Waals surface area contributed by atoms with E-state index in [1.165, 1.54) is 12.8 Å². The van der Waals surface area contributed by atoms with Crippen molar-refractivity contribution < 1.29 is 9.53 Å². The van der Waals surface area contributed by atoms with E-state index < -0.39 is 0 Å². The highest BCUT2D eigenvalue weighted by Crippen LogP contribution is 2.20. The van der Waals surface area contributed by atoms with Gasteiger partial charge in [-0.05, 0) is 54.4 Å². The predicted molar refractivity (Wildman–Crippen MR) is 116 cm³/mol. The topological polar surface area (TPSA) is 79.4 Å². The van der Waals surface area contributed by atoms with E-state index in [9.17, 15) is 4.79 Å². The third-order valence-corrected chi connectivity index (χ3v) is 4.49. The zero-order chi connectivity index (χ0) is 20.5. The molecule has 29 heavy (non-hydrogen) atoms. The van der Waals surface area contributed by atoms with Crippen molar-refractivity contribution in [2.45, 2.75) is 26.2 Å². The maximum absolute atomic E-state index is 12.2. The highest BCUT2D eigenvalue weighted by Gasteiger charge is 2.10. The molecular weight excluding hydrogens is 388 g/mol. The van der Waals surface area contributed by atoms with Gasteiger partial charge in [-0.1, -0.05) is 43.5 Å². The third kappa shape index (κ3) is 6.19. The number of aromatic amines is 1. The van der Waals surface area contributed by atoms with Crippen LogP contribution >= 0.6 is 11.6 Å².